The lowest BCUT2D eigenvalue weighted by Gasteiger charge is -2.28. The van der Waals surface area contributed by atoms with Gasteiger partial charge in [-0.15, -0.1) is 11.3 Å². The van der Waals surface area contributed by atoms with Crippen molar-refractivity contribution < 1.29 is 27.1 Å². The molecule has 0 radical (unpaired) electrons. The normalized spacial score (nSPS) is 14.0. The monoisotopic (exact) mass is 400 g/mol. The van der Waals surface area contributed by atoms with Crippen LogP contribution >= 0.6 is 11.3 Å². The summed E-state index contributed by atoms with van der Waals surface area (Å²) in [4.78, 5) is 8.39. The molecule has 1 atom stereocenters. The summed E-state index contributed by atoms with van der Waals surface area (Å²) < 4.78 is 57.3. The SMILES string of the molecule is COC(C)(C)COC(c1ccc(-c2nccs2)c2oc(C)nc12)C(F)(F)F. The number of alkyl halides is 3. The van der Waals surface area contributed by atoms with Crippen LogP contribution in [0.2, 0.25) is 0 Å². The molecule has 3 rings (SSSR count). The predicted molar refractivity (Wildman–Crippen MR) is 95.7 cm³/mol. The van der Waals surface area contributed by atoms with Crippen LogP contribution < -0.4 is 0 Å². The highest BCUT2D eigenvalue weighted by Gasteiger charge is 2.44. The smallest absolute Gasteiger partial charge is 0.418 e. The van der Waals surface area contributed by atoms with Crippen LogP contribution in [0.15, 0.2) is 28.1 Å². The third kappa shape index (κ3) is 4.15. The van der Waals surface area contributed by atoms with E-state index in [-0.39, 0.29) is 29.2 Å². The van der Waals surface area contributed by atoms with Gasteiger partial charge in [-0.2, -0.15) is 13.2 Å². The second kappa shape index (κ2) is 7.21. The zero-order valence-electron chi connectivity index (χ0n) is 15.3. The van der Waals surface area contributed by atoms with Crippen molar-refractivity contribution in [2.45, 2.75) is 38.7 Å². The molecule has 3 aromatic rings. The van der Waals surface area contributed by atoms with Gasteiger partial charge < -0.3 is 13.9 Å². The van der Waals surface area contributed by atoms with Gasteiger partial charge in [-0.25, -0.2) is 9.97 Å². The highest BCUT2D eigenvalue weighted by atomic mass is 32.1. The molecule has 2 aromatic heterocycles. The average molecular weight is 400 g/mol. The van der Waals surface area contributed by atoms with E-state index >= 15 is 0 Å². The van der Waals surface area contributed by atoms with E-state index in [1.54, 1.807) is 38.4 Å². The Morgan fingerprint density at radius 3 is 2.59 bits per heavy atom. The number of methoxy groups -OCH3 is 1. The van der Waals surface area contributed by atoms with Crippen molar-refractivity contribution in [3.05, 3.63) is 35.2 Å². The molecule has 0 aliphatic rings. The Morgan fingerprint density at radius 2 is 2.00 bits per heavy atom. The van der Waals surface area contributed by atoms with E-state index in [1.807, 2.05) is 0 Å². The molecule has 0 saturated carbocycles. The average Bonchev–Trinajstić information content (AvgIpc) is 3.22. The zero-order valence-corrected chi connectivity index (χ0v) is 16.1. The molecule has 146 valence electrons. The fraction of sp³-hybridized carbons (Fsp3) is 0.444. The molecule has 27 heavy (non-hydrogen) atoms. The van der Waals surface area contributed by atoms with E-state index in [0.717, 1.165) is 0 Å². The Bertz CT molecular complexity index is 920. The number of ether oxygens (including phenoxy) is 2. The van der Waals surface area contributed by atoms with Gasteiger partial charge in [0.15, 0.2) is 17.6 Å². The van der Waals surface area contributed by atoms with E-state index in [1.165, 1.54) is 24.5 Å². The molecular weight excluding hydrogens is 381 g/mol. The second-order valence-electron chi connectivity index (χ2n) is 6.65. The third-order valence-corrected chi connectivity index (χ3v) is 4.88. The van der Waals surface area contributed by atoms with Crippen molar-refractivity contribution in [1.82, 2.24) is 9.97 Å². The standard InChI is InChI=1S/C18H19F3N2O3S/c1-10-23-13-11(15(18(19,20)21)25-9-17(2,3)24-4)5-6-12(14(13)26-10)16-22-7-8-27-16/h5-8,15H,9H2,1-4H3. The summed E-state index contributed by atoms with van der Waals surface area (Å²) in [6.45, 7) is 4.66. The van der Waals surface area contributed by atoms with Crippen molar-refractivity contribution in [1.29, 1.82) is 0 Å². The van der Waals surface area contributed by atoms with Crippen molar-refractivity contribution in [2.24, 2.45) is 0 Å². The van der Waals surface area contributed by atoms with Gasteiger partial charge >= 0.3 is 6.18 Å². The molecule has 0 saturated heterocycles. The molecule has 9 heteroatoms. The minimum absolute atomic E-state index is 0.0958. The molecule has 5 nitrogen and oxygen atoms in total. The van der Waals surface area contributed by atoms with Gasteiger partial charge in [0.1, 0.15) is 10.5 Å². The number of aromatic nitrogens is 2. The number of oxazole rings is 1. The molecular formula is C18H19F3N2O3S. The van der Waals surface area contributed by atoms with Gasteiger partial charge in [0.25, 0.3) is 0 Å². The lowest BCUT2D eigenvalue weighted by molar-refractivity contribution is -0.235. The molecule has 0 aliphatic carbocycles. The Kier molecular flexibility index (Phi) is 5.29. The summed E-state index contributed by atoms with van der Waals surface area (Å²) in [6.07, 6.45) is -5.15. The third-order valence-electron chi connectivity index (χ3n) is 4.07. The molecule has 1 unspecified atom stereocenters. The molecule has 0 amide bonds. The maximum absolute atomic E-state index is 13.8. The minimum Gasteiger partial charge on any atom is -0.440 e. The molecule has 0 spiro atoms. The van der Waals surface area contributed by atoms with Gasteiger partial charge in [-0.3, -0.25) is 0 Å². The summed E-state index contributed by atoms with van der Waals surface area (Å²) in [5.74, 6) is 0.272. The molecule has 0 N–H and O–H groups in total. The summed E-state index contributed by atoms with van der Waals surface area (Å²) in [7, 11) is 1.42. The molecule has 0 aliphatic heterocycles. The van der Waals surface area contributed by atoms with Gasteiger partial charge in [0.05, 0.1) is 17.8 Å². The summed E-state index contributed by atoms with van der Waals surface area (Å²) >= 11 is 1.37. The van der Waals surface area contributed by atoms with E-state index in [2.05, 4.69) is 9.97 Å². The summed E-state index contributed by atoms with van der Waals surface area (Å²) in [5, 5.41) is 2.43. The Balaban J connectivity index is 2.09. The van der Waals surface area contributed by atoms with Crippen LogP contribution in [0.25, 0.3) is 21.7 Å². The maximum atomic E-state index is 13.8. The Hall–Kier alpha value is -1.97. The van der Waals surface area contributed by atoms with Gasteiger partial charge in [-0.05, 0) is 19.9 Å². The number of hydrogen-bond donors (Lipinski definition) is 0. The van der Waals surface area contributed by atoms with Crippen LogP contribution in [-0.2, 0) is 9.47 Å². The summed E-state index contributed by atoms with van der Waals surface area (Å²) in [6, 6.07) is 2.93. The molecule has 2 heterocycles. The van der Waals surface area contributed by atoms with E-state index in [4.69, 9.17) is 13.9 Å². The van der Waals surface area contributed by atoms with E-state index in [9.17, 15) is 13.2 Å². The summed E-state index contributed by atoms with van der Waals surface area (Å²) in [5.41, 5.74) is 0.0361. The highest BCUT2D eigenvalue weighted by molar-refractivity contribution is 7.13. The molecule has 0 bridgehead atoms. The number of rotatable bonds is 6. The first kappa shape index (κ1) is 19.8. The van der Waals surface area contributed by atoms with Crippen molar-refractivity contribution in [2.75, 3.05) is 13.7 Å². The van der Waals surface area contributed by atoms with Gasteiger partial charge in [0, 0.05) is 31.2 Å². The number of fused-ring (bicyclic) bond motifs is 1. The highest BCUT2D eigenvalue weighted by Crippen LogP contribution is 2.42. The van der Waals surface area contributed by atoms with E-state index < -0.39 is 17.9 Å². The van der Waals surface area contributed by atoms with Crippen molar-refractivity contribution >= 4 is 22.4 Å². The number of benzene rings is 1. The number of hydrogen-bond acceptors (Lipinski definition) is 6. The Labute approximate surface area is 158 Å². The number of halogens is 3. The lowest BCUT2D eigenvalue weighted by atomic mass is 10.0. The van der Waals surface area contributed by atoms with Crippen molar-refractivity contribution in [3.8, 4) is 10.6 Å². The fourth-order valence-corrected chi connectivity index (χ4v) is 3.23. The first-order valence-corrected chi connectivity index (χ1v) is 9.04. The maximum Gasteiger partial charge on any atom is 0.418 e. The molecule has 0 fully saturated rings. The molecule has 1 aromatic carbocycles. The largest absolute Gasteiger partial charge is 0.440 e. The zero-order chi connectivity index (χ0) is 19.8. The van der Waals surface area contributed by atoms with Crippen LogP contribution in [-0.4, -0.2) is 35.5 Å². The fourth-order valence-electron chi connectivity index (χ4n) is 2.57. The minimum atomic E-state index is -4.62. The van der Waals surface area contributed by atoms with E-state index in [0.29, 0.717) is 10.6 Å². The Morgan fingerprint density at radius 1 is 1.26 bits per heavy atom. The quantitative estimate of drug-likeness (QED) is 0.562. The second-order valence-corrected chi connectivity index (χ2v) is 7.54. The number of aryl methyl sites for hydroxylation is 1. The van der Waals surface area contributed by atoms with Crippen LogP contribution in [0.1, 0.15) is 31.4 Å². The topological polar surface area (TPSA) is 57.4 Å². The van der Waals surface area contributed by atoms with Gasteiger partial charge in [-0.1, -0.05) is 6.07 Å². The van der Waals surface area contributed by atoms with Crippen LogP contribution in [0.5, 0.6) is 0 Å². The van der Waals surface area contributed by atoms with Gasteiger partial charge in [0.2, 0.25) is 0 Å². The van der Waals surface area contributed by atoms with Crippen LogP contribution in [0.4, 0.5) is 13.2 Å². The van der Waals surface area contributed by atoms with Crippen LogP contribution in [0, 0.1) is 6.92 Å². The van der Waals surface area contributed by atoms with Crippen molar-refractivity contribution in [3.63, 3.8) is 0 Å². The number of thiazole rings is 1. The predicted octanol–water partition coefficient (Wildman–Crippen LogP) is 5.30. The lowest BCUT2D eigenvalue weighted by Crippen LogP contribution is -2.33. The van der Waals surface area contributed by atoms with Crippen LogP contribution in [0.3, 0.4) is 0 Å². The first-order chi connectivity index (χ1) is 12.6. The number of nitrogens with zero attached hydrogens (tertiary/aromatic N) is 2. The first-order valence-electron chi connectivity index (χ1n) is 8.16.